The molecule has 0 aliphatic rings. The first-order valence-electron chi connectivity index (χ1n) is 3.92. The first-order valence-corrected chi connectivity index (χ1v) is 6.12. The molecule has 0 unspecified atom stereocenters. The molecule has 0 radical (unpaired) electrons. The van der Waals surface area contributed by atoms with E-state index in [1.165, 1.54) is 6.07 Å². The maximum atomic E-state index is 11.5. The van der Waals surface area contributed by atoms with Gasteiger partial charge in [0.25, 0.3) is 0 Å². The molecular formula is C10H5BrINO2. The number of nitriles is 1. The fourth-order valence-electron chi connectivity index (χ4n) is 1.07. The van der Waals surface area contributed by atoms with E-state index in [9.17, 15) is 9.59 Å². The average Bonchev–Trinajstić information content (AvgIpc) is 2.27. The van der Waals surface area contributed by atoms with E-state index < -0.39 is 0 Å². The highest BCUT2D eigenvalue weighted by molar-refractivity contribution is 14.1. The number of hydrogen-bond donors (Lipinski definition) is 0. The van der Waals surface area contributed by atoms with Gasteiger partial charge in [-0.05, 0) is 34.7 Å². The average molecular weight is 378 g/mol. The van der Waals surface area contributed by atoms with Gasteiger partial charge in [-0.25, -0.2) is 0 Å². The zero-order valence-electron chi connectivity index (χ0n) is 7.46. The van der Waals surface area contributed by atoms with Crippen LogP contribution in [0.1, 0.15) is 26.3 Å². The summed E-state index contributed by atoms with van der Waals surface area (Å²) < 4.78 is 0.680. The van der Waals surface area contributed by atoms with Crippen LogP contribution in [0.3, 0.4) is 0 Å². The van der Waals surface area contributed by atoms with Gasteiger partial charge in [0.05, 0.1) is 17.0 Å². The molecule has 0 N–H and O–H groups in total. The van der Waals surface area contributed by atoms with E-state index in [2.05, 4.69) is 15.9 Å². The summed E-state index contributed by atoms with van der Waals surface area (Å²) in [6.07, 6.45) is 0.583. The lowest BCUT2D eigenvalue weighted by Crippen LogP contribution is -2.05. The van der Waals surface area contributed by atoms with Crippen LogP contribution in [-0.4, -0.2) is 17.4 Å². The molecule has 0 aromatic heterocycles. The number of benzene rings is 1. The predicted octanol–water partition coefficient (Wildman–Crippen LogP) is 2.55. The van der Waals surface area contributed by atoms with Crippen LogP contribution in [0.4, 0.5) is 0 Å². The van der Waals surface area contributed by atoms with Gasteiger partial charge in [0.1, 0.15) is 0 Å². The Morgan fingerprint density at radius 2 is 2.27 bits per heavy atom. The molecule has 0 fully saturated rings. The second kappa shape index (κ2) is 5.37. The van der Waals surface area contributed by atoms with Gasteiger partial charge in [-0.3, -0.25) is 9.59 Å². The molecule has 0 heterocycles. The largest absolute Gasteiger partial charge is 0.298 e. The topological polar surface area (TPSA) is 57.9 Å². The van der Waals surface area contributed by atoms with Gasteiger partial charge in [0.2, 0.25) is 0 Å². The Balaban J connectivity index is 3.40. The lowest BCUT2D eigenvalue weighted by atomic mass is 10.0. The van der Waals surface area contributed by atoms with Crippen molar-refractivity contribution in [1.82, 2.24) is 0 Å². The van der Waals surface area contributed by atoms with Crippen molar-refractivity contribution in [3.63, 3.8) is 0 Å². The van der Waals surface area contributed by atoms with Crippen LogP contribution >= 0.6 is 38.5 Å². The van der Waals surface area contributed by atoms with Crippen molar-refractivity contribution in [1.29, 1.82) is 5.26 Å². The quantitative estimate of drug-likeness (QED) is 0.352. The van der Waals surface area contributed by atoms with Crippen molar-refractivity contribution in [2.24, 2.45) is 0 Å². The summed E-state index contributed by atoms with van der Waals surface area (Å²) in [6, 6.07) is 4.91. The number of carbonyl (C=O) groups is 2. The number of nitrogens with zero attached hydrogens (tertiary/aromatic N) is 1. The molecule has 0 saturated carbocycles. The van der Waals surface area contributed by atoms with Crippen molar-refractivity contribution >= 4 is 50.6 Å². The fraction of sp³-hybridized carbons (Fsp3) is 0.100. The van der Waals surface area contributed by atoms with Gasteiger partial charge >= 0.3 is 0 Å². The summed E-state index contributed by atoms with van der Waals surface area (Å²) in [5.74, 6) is -0.105. The van der Waals surface area contributed by atoms with Crippen molar-refractivity contribution in [2.45, 2.75) is 0 Å². The number of halogens is 2. The van der Waals surface area contributed by atoms with Crippen LogP contribution in [-0.2, 0) is 0 Å². The van der Waals surface area contributed by atoms with E-state index in [0.717, 1.165) is 0 Å². The number of alkyl halides is 1. The summed E-state index contributed by atoms with van der Waals surface area (Å²) in [5.41, 5.74) is 1.01. The molecule has 1 aromatic rings. The molecule has 1 aromatic carbocycles. The van der Waals surface area contributed by atoms with Gasteiger partial charge < -0.3 is 0 Å². The molecule has 1 rings (SSSR count). The predicted molar refractivity (Wildman–Crippen MR) is 67.4 cm³/mol. The van der Waals surface area contributed by atoms with Crippen LogP contribution in [0.5, 0.6) is 0 Å². The molecule has 0 spiro atoms. The molecular weight excluding hydrogens is 373 g/mol. The van der Waals surface area contributed by atoms with Crippen LogP contribution in [0.2, 0.25) is 0 Å². The maximum absolute atomic E-state index is 11.5. The molecule has 5 heteroatoms. The van der Waals surface area contributed by atoms with Gasteiger partial charge in [-0.2, -0.15) is 5.26 Å². The highest BCUT2D eigenvalue weighted by Crippen LogP contribution is 2.18. The van der Waals surface area contributed by atoms with Crippen LogP contribution < -0.4 is 0 Å². The minimum atomic E-state index is -0.105. The highest BCUT2D eigenvalue weighted by atomic mass is 127. The van der Waals surface area contributed by atoms with E-state index in [1.54, 1.807) is 6.07 Å². The first kappa shape index (κ1) is 12.3. The highest BCUT2D eigenvalue weighted by Gasteiger charge is 2.12. The summed E-state index contributed by atoms with van der Waals surface area (Å²) in [7, 11) is 0. The number of Topliss-reactive ketones (excluding diaryl/α,β-unsaturated/α-hetero) is 1. The second-order valence-corrected chi connectivity index (χ2v) is 4.43. The third kappa shape index (κ3) is 2.63. The molecule has 0 amide bonds. The van der Waals surface area contributed by atoms with Crippen molar-refractivity contribution < 1.29 is 9.59 Å². The summed E-state index contributed by atoms with van der Waals surface area (Å²) in [6.45, 7) is 0. The lowest BCUT2D eigenvalue weighted by molar-refractivity contribution is 0.102. The van der Waals surface area contributed by atoms with E-state index >= 15 is 0 Å². The second-order valence-electron chi connectivity index (χ2n) is 2.71. The van der Waals surface area contributed by atoms with Crippen LogP contribution in [0.25, 0.3) is 0 Å². The van der Waals surface area contributed by atoms with E-state index in [4.69, 9.17) is 5.26 Å². The third-order valence-electron chi connectivity index (χ3n) is 1.81. The minimum Gasteiger partial charge on any atom is -0.298 e. The molecule has 0 aliphatic carbocycles. The Hall–Kier alpha value is -0.740. The Morgan fingerprint density at radius 3 is 2.73 bits per heavy atom. The zero-order valence-corrected chi connectivity index (χ0v) is 11.2. The Morgan fingerprint density at radius 1 is 1.60 bits per heavy atom. The summed E-state index contributed by atoms with van der Waals surface area (Å²) in [5, 5.41) is 8.96. The smallest absolute Gasteiger partial charge is 0.174 e. The molecule has 0 atom stereocenters. The summed E-state index contributed by atoms with van der Waals surface area (Å²) in [4.78, 5) is 22.1. The SMILES string of the molecule is N#Cc1cc(I)c(C(=O)CBr)cc1C=O. The standard InChI is InChI=1S/C10H5BrINO2/c11-3-10(15)8-1-7(5-14)6(4-13)2-9(8)12/h1-2,5H,3H2. The van der Waals surface area contributed by atoms with Gasteiger partial charge in [0.15, 0.2) is 12.1 Å². The molecule has 0 bridgehead atoms. The molecule has 0 aliphatic heterocycles. The van der Waals surface area contributed by atoms with E-state index in [1.807, 2.05) is 28.7 Å². The monoisotopic (exact) mass is 377 g/mol. The van der Waals surface area contributed by atoms with Gasteiger partial charge in [0, 0.05) is 14.7 Å². The number of ketones is 1. The Kier molecular flexibility index (Phi) is 4.42. The minimum absolute atomic E-state index is 0.105. The van der Waals surface area contributed by atoms with Gasteiger partial charge in [-0.15, -0.1) is 0 Å². The summed E-state index contributed by atoms with van der Waals surface area (Å²) >= 11 is 5.03. The molecule has 0 saturated heterocycles. The normalized spacial score (nSPS) is 9.40. The third-order valence-corrected chi connectivity index (χ3v) is 3.21. The van der Waals surface area contributed by atoms with Crippen LogP contribution in [0.15, 0.2) is 12.1 Å². The number of hydrogen-bond acceptors (Lipinski definition) is 3. The zero-order chi connectivity index (χ0) is 11.4. The van der Waals surface area contributed by atoms with Crippen molar-refractivity contribution in [2.75, 3.05) is 5.33 Å². The first-order chi connectivity index (χ1) is 7.13. The number of carbonyl (C=O) groups excluding carboxylic acids is 2. The molecule has 15 heavy (non-hydrogen) atoms. The van der Waals surface area contributed by atoms with E-state index in [-0.39, 0.29) is 16.7 Å². The lowest BCUT2D eigenvalue weighted by Gasteiger charge is -2.03. The van der Waals surface area contributed by atoms with E-state index in [0.29, 0.717) is 21.0 Å². The number of aldehydes is 1. The maximum Gasteiger partial charge on any atom is 0.174 e. The molecule has 76 valence electrons. The Labute approximate surface area is 109 Å². The van der Waals surface area contributed by atoms with Crippen molar-refractivity contribution in [3.05, 3.63) is 32.4 Å². The Bertz CT molecular complexity index is 465. The fourth-order valence-corrected chi connectivity index (χ4v) is 2.14. The molecule has 3 nitrogen and oxygen atoms in total. The van der Waals surface area contributed by atoms with Crippen molar-refractivity contribution in [3.8, 4) is 6.07 Å². The van der Waals surface area contributed by atoms with Crippen LogP contribution in [0, 0.1) is 14.9 Å². The number of rotatable bonds is 3. The van der Waals surface area contributed by atoms with Gasteiger partial charge in [-0.1, -0.05) is 15.9 Å².